The maximum atomic E-state index is 13.0. The largest absolute Gasteiger partial charge is 0.495 e. The molecule has 1 atom stereocenters. The summed E-state index contributed by atoms with van der Waals surface area (Å²) in [4.78, 5) is 14.2. The monoisotopic (exact) mass is 350 g/mol. The van der Waals surface area contributed by atoms with E-state index in [1.54, 1.807) is 30.3 Å². The molecule has 0 bridgehead atoms. The van der Waals surface area contributed by atoms with Gasteiger partial charge in [-0.3, -0.25) is 9.69 Å². The van der Waals surface area contributed by atoms with Crippen LogP contribution < -0.4 is 10.1 Å². The molecular weight excluding hydrogens is 331 g/mol. The highest BCUT2D eigenvalue weighted by Crippen LogP contribution is 2.27. The smallest absolute Gasteiger partial charge is 0.238 e. The van der Waals surface area contributed by atoms with Gasteiger partial charge in [-0.15, -0.1) is 0 Å². The molecule has 0 fully saturated rings. The molecule has 0 aliphatic carbocycles. The van der Waals surface area contributed by atoms with Gasteiger partial charge in [-0.2, -0.15) is 0 Å². The van der Waals surface area contributed by atoms with Gasteiger partial charge in [-0.25, -0.2) is 4.39 Å². The number of anilines is 1. The number of rotatable bonds is 6. The van der Waals surface area contributed by atoms with Gasteiger partial charge >= 0.3 is 0 Å². The zero-order valence-electron chi connectivity index (χ0n) is 13.8. The summed E-state index contributed by atoms with van der Waals surface area (Å²) in [5, 5.41) is 3.31. The van der Waals surface area contributed by atoms with E-state index in [4.69, 9.17) is 16.3 Å². The number of hydrogen-bond donors (Lipinski definition) is 1. The number of methoxy groups -OCH3 is 1. The standard InChI is InChI=1S/C18H20ClFN2O2/c1-12(13-4-7-15(20)8-5-13)22(2)11-18(23)21-16-10-14(19)6-9-17(16)24-3/h4-10,12H,11H2,1-3H3,(H,21,23). The number of nitrogens with zero attached hydrogens (tertiary/aromatic N) is 1. The normalized spacial score (nSPS) is 12.1. The van der Waals surface area contributed by atoms with E-state index >= 15 is 0 Å². The number of nitrogens with one attached hydrogen (secondary N) is 1. The van der Waals surface area contributed by atoms with Gasteiger partial charge in [0.15, 0.2) is 0 Å². The lowest BCUT2D eigenvalue weighted by molar-refractivity contribution is -0.117. The molecule has 0 spiro atoms. The second kappa shape index (κ2) is 8.13. The third-order valence-electron chi connectivity index (χ3n) is 3.84. The van der Waals surface area contributed by atoms with Gasteiger partial charge in [0.05, 0.1) is 19.3 Å². The first-order chi connectivity index (χ1) is 11.4. The van der Waals surface area contributed by atoms with Crippen LogP contribution in [0.15, 0.2) is 42.5 Å². The van der Waals surface area contributed by atoms with Crippen molar-refractivity contribution in [1.29, 1.82) is 0 Å². The summed E-state index contributed by atoms with van der Waals surface area (Å²) >= 11 is 5.96. The summed E-state index contributed by atoms with van der Waals surface area (Å²) in [6, 6.07) is 11.3. The number of benzene rings is 2. The van der Waals surface area contributed by atoms with Crippen molar-refractivity contribution in [3.8, 4) is 5.75 Å². The fourth-order valence-corrected chi connectivity index (χ4v) is 2.50. The van der Waals surface area contributed by atoms with Crippen molar-refractivity contribution >= 4 is 23.2 Å². The Labute approximate surface area is 146 Å². The minimum absolute atomic E-state index is 0.0300. The second-order valence-corrected chi connectivity index (χ2v) is 5.97. The Hall–Kier alpha value is -2.11. The summed E-state index contributed by atoms with van der Waals surface area (Å²) in [5.74, 6) is 0.0772. The van der Waals surface area contributed by atoms with E-state index in [1.165, 1.54) is 19.2 Å². The Kier molecular flexibility index (Phi) is 6.17. The maximum Gasteiger partial charge on any atom is 0.238 e. The van der Waals surface area contributed by atoms with Crippen LogP contribution in [0.3, 0.4) is 0 Å². The molecule has 2 aromatic rings. The van der Waals surface area contributed by atoms with Crippen LogP contribution in [0, 0.1) is 5.82 Å². The average Bonchev–Trinajstić information content (AvgIpc) is 2.55. The summed E-state index contributed by atoms with van der Waals surface area (Å²) in [7, 11) is 3.37. The summed E-state index contributed by atoms with van der Waals surface area (Å²) in [5.41, 5.74) is 1.46. The Balaban J connectivity index is 2.01. The molecule has 1 unspecified atom stereocenters. The quantitative estimate of drug-likeness (QED) is 0.852. The molecule has 0 heterocycles. The van der Waals surface area contributed by atoms with Crippen molar-refractivity contribution in [1.82, 2.24) is 4.90 Å². The lowest BCUT2D eigenvalue weighted by Crippen LogP contribution is -2.32. The number of carbonyl (C=O) groups excluding carboxylic acids is 1. The molecule has 0 saturated heterocycles. The Morgan fingerprint density at radius 3 is 2.58 bits per heavy atom. The minimum atomic E-state index is -0.278. The number of hydrogen-bond acceptors (Lipinski definition) is 3. The lowest BCUT2D eigenvalue weighted by atomic mass is 10.1. The second-order valence-electron chi connectivity index (χ2n) is 5.54. The zero-order valence-corrected chi connectivity index (χ0v) is 14.6. The number of carbonyl (C=O) groups is 1. The van der Waals surface area contributed by atoms with Crippen LogP contribution in [-0.4, -0.2) is 31.5 Å². The molecule has 6 heteroatoms. The van der Waals surface area contributed by atoms with Gasteiger partial charge in [0, 0.05) is 11.1 Å². The number of ether oxygens (including phenoxy) is 1. The van der Waals surface area contributed by atoms with Crippen molar-refractivity contribution in [2.75, 3.05) is 26.0 Å². The molecular formula is C18H20ClFN2O2. The van der Waals surface area contributed by atoms with Gasteiger partial charge in [-0.05, 0) is 49.9 Å². The van der Waals surface area contributed by atoms with Crippen LogP contribution in [0.4, 0.5) is 10.1 Å². The van der Waals surface area contributed by atoms with Crippen LogP contribution in [-0.2, 0) is 4.79 Å². The number of amides is 1. The molecule has 2 rings (SSSR count). The highest BCUT2D eigenvalue weighted by Gasteiger charge is 2.16. The summed E-state index contributed by atoms with van der Waals surface area (Å²) in [6.45, 7) is 2.13. The van der Waals surface area contributed by atoms with E-state index < -0.39 is 0 Å². The van der Waals surface area contributed by atoms with Crippen molar-refractivity contribution in [2.24, 2.45) is 0 Å². The van der Waals surface area contributed by atoms with Crippen LogP contribution in [0.2, 0.25) is 5.02 Å². The molecule has 2 aromatic carbocycles. The molecule has 4 nitrogen and oxygen atoms in total. The van der Waals surface area contributed by atoms with Crippen LogP contribution in [0.1, 0.15) is 18.5 Å². The third-order valence-corrected chi connectivity index (χ3v) is 4.08. The highest BCUT2D eigenvalue weighted by atomic mass is 35.5. The van der Waals surface area contributed by atoms with Crippen LogP contribution in [0.25, 0.3) is 0 Å². The van der Waals surface area contributed by atoms with Gasteiger partial charge in [0.2, 0.25) is 5.91 Å². The first-order valence-electron chi connectivity index (χ1n) is 7.50. The molecule has 0 aliphatic rings. The minimum Gasteiger partial charge on any atom is -0.495 e. The van der Waals surface area contributed by atoms with Crippen molar-refractivity contribution in [3.05, 3.63) is 58.9 Å². The van der Waals surface area contributed by atoms with Crippen molar-refractivity contribution in [3.63, 3.8) is 0 Å². The highest BCUT2D eigenvalue weighted by molar-refractivity contribution is 6.31. The van der Waals surface area contributed by atoms with Crippen molar-refractivity contribution < 1.29 is 13.9 Å². The molecule has 0 radical (unpaired) electrons. The van der Waals surface area contributed by atoms with Gasteiger partial charge in [0.25, 0.3) is 0 Å². The first kappa shape index (κ1) is 18.2. The van der Waals surface area contributed by atoms with Gasteiger partial charge < -0.3 is 10.1 Å². The molecule has 0 aromatic heterocycles. The van der Waals surface area contributed by atoms with E-state index in [0.717, 1.165) is 5.56 Å². The summed E-state index contributed by atoms with van der Waals surface area (Å²) < 4.78 is 18.2. The lowest BCUT2D eigenvalue weighted by Gasteiger charge is -2.24. The average molecular weight is 351 g/mol. The van der Waals surface area contributed by atoms with E-state index in [1.807, 2.05) is 18.9 Å². The SMILES string of the molecule is COc1ccc(Cl)cc1NC(=O)CN(C)C(C)c1ccc(F)cc1. The maximum absolute atomic E-state index is 13.0. The van der Waals surface area contributed by atoms with Crippen molar-refractivity contribution in [2.45, 2.75) is 13.0 Å². The number of halogens is 2. The molecule has 24 heavy (non-hydrogen) atoms. The fourth-order valence-electron chi connectivity index (χ4n) is 2.33. The van der Waals surface area contributed by atoms with E-state index in [0.29, 0.717) is 16.5 Å². The van der Waals surface area contributed by atoms with Gasteiger partial charge in [-0.1, -0.05) is 23.7 Å². The topological polar surface area (TPSA) is 41.6 Å². The molecule has 0 saturated carbocycles. The fraction of sp³-hybridized carbons (Fsp3) is 0.278. The van der Waals surface area contributed by atoms with Crippen LogP contribution >= 0.6 is 11.6 Å². The first-order valence-corrected chi connectivity index (χ1v) is 7.87. The zero-order chi connectivity index (χ0) is 17.7. The molecule has 0 aliphatic heterocycles. The van der Waals surface area contributed by atoms with Crippen LogP contribution in [0.5, 0.6) is 5.75 Å². The van der Waals surface area contributed by atoms with E-state index in [9.17, 15) is 9.18 Å². The molecule has 128 valence electrons. The Bertz CT molecular complexity index is 707. The Morgan fingerprint density at radius 2 is 1.96 bits per heavy atom. The predicted octanol–water partition coefficient (Wildman–Crippen LogP) is 4.12. The Morgan fingerprint density at radius 1 is 1.29 bits per heavy atom. The predicted molar refractivity (Wildman–Crippen MR) is 94.1 cm³/mol. The van der Waals surface area contributed by atoms with E-state index in [-0.39, 0.29) is 24.3 Å². The third kappa shape index (κ3) is 4.69. The van der Waals surface area contributed by atoms with E-state index in [2.05, 4.69) is 5.32 Å². The molecule has 1 amide bonds. The molecule has 1 N–H and O–H groups in total. The van der Waals surface area contributed by atoms with Gasteiger partial charge in [0.1, 0.15) is 11.6 Å². The number of likely N-dealkylation sites (N-methyl/N-ethyl adjacent to an activating group) is 1. The summed E-state index contributed by atoms with van der Waals surface area (Å²) in [6.07, 6.45) is 0.